The Bertz CT molecular complexity index is 1350. The van der Waals surface area contributed by atoms with Crippen molar-refractivity contribution in [3.05, 3.63) is 86.1 Å². The van der Waals surface area contributed by atoms with E-state index < -0.39 is 22.8 Å². The smallest absolute Gasteiger partial charge is 0.335 e. The molecule has 1 fully saturated rings. The number of nitro benzene ring substituents is 1. The zero-order valence-corrected chi connectivity index (χ0v) is 18.2. The van der Waals surface area contributed by atoms with Crippen LogP contribution in [0.15, 0.2) is 58.5 Å². The third-order valence-electron chi connectivity index (χ3n) is 4.91. The molecule has 1 aliphatic heterocycles. The number of anilines is 1. The number of urea groups is 1. The van der Waals surface area contributed by atoms with Gasteiger partial charge in [0.1, 0.15) is 22.1 Å². The molecule has 9 nitrogen and oxygen atoms in total. The normalized spacial score (nSPS) is 15.2. The molecule has 0 spiro atoms. The molecule has 0 aliphatic carbocycles. The van der Waals surface area contributed by atoms with Crippen LogP contribution in [0.25, 0.3) is 17.4 Å². The number of imide groups is 2. The van der Waals surface area contributed by atoms with Gasteiger partial charge >= 0.3 is 6.03 Å². The number of amides is 4. The summed E-state index contributed by atoms with van der Waals surface area (Å²) in [7, 11) is 0. The Hall–Kier alpha value is -4.24. The van der Waals surface area contributed by atoms with E-state index in [9.17, 15) is 24.5 Å². The molecule has 1 aliphatic rings. The first-order valence-corrected chi connectivity index (χ1v) is 10.1. The van der Waals surface area contributed by atoms with Crippen molar-refractivity contribution < 1.29 is 23.7 Å². The fraction of sp³-hybridized carbons (Fsp3) is 0.0870. The number of aryl methyl sites for hydroxylation is 2. The highest BCUT2D eigenvalue weighted by Gasteiger charge is 2.37. The Balaban J connectivity index is 1.69. The molecule has 1 aromatic heterocycles. The lowest BCUT2D eigenvalue weighted by Gasteiger charge is -2.26. The lowest BCUT2D eigenvalue weighted by molar-refractivity contribution is -0.384. The van der Waals surface area contributed by atoms with Crippen molar-refractivity contribution in [1.29, 1.82) is 0 Å². The van der Waals surface area contributed by atoms with E-state index in [1.807, 2.05) is 19.9 Å². The van der Waals surface area contributed by atoms with Gasteiger partial charge in [-0.25, -0.2) is 9.69 Å². The fourth-order valence-corrected chi connectivity index (χ4v) is 3.69. The van der Waals surface area contributed by atoms with Gasteiger partial charge < -0.3 is 4.42 Å². The number of nitrogens with zero attached hydrogens (tertiary/aromatic N) is 2. The zero-order chi connectivity index (χ0) is 23.9. The Morgan fingerprint density at radius 3 is 2.39 bits per heavy atom. The van der Waals surface area contributed by atoms with Gasteiger partial charge in [-0.15, -0.1) is 0 Å². The molecule has 0 atom stereocenters. The van der Waals surface area contributed by atoms with Gasteiger partial charge in [-0.05, 0) is 67.4 Å². The molecule has 10 heteroatoms. The predicted molar refractivity (Wildman–Crippen MR) is 121 cm³/mol. The third kappa shape index (κ3) is 4.26. The van der Waals surface area contributed by atoms with Gasteiger partial charge in [-0.2, -0.15) is 0 Å². The number of halogens is 1. The lowest BCUT2D eigenvalue weighted by Crippen LogP contribution is -2.54. The van der Waals surface area contributed by atoms with Crippen LogP contribution in [0.5, 0.6) is 0 Å². The Labute approximate surface area is 192 Å². The number of carbonyl (C=O) groups is 3. The molecular weight excluding hydrogens is 450 g/mol. The predicted octanol–water partition coefficient (Wildman–Crippen LogP) is 4.79. The van der Waals surface area contributed by atoms with Crippen LogP contribution in [0.3, 0.4) is 0 Å². The minimum Gasteiger partial charge on any atom is -0.457 e. The second kappa shape index (κ2) is 8.36. The van der Waals surface area contributed by atoms with Crippen molar-refractivity contribution in [3.63, 3.8) is 0 Å². The Kier molecular flexibility index (Phi) is 5.57. The summed E-state index contributed by atoms with van der Waals surface area (Å²) in [6.07, 6.45) is 1.22. The maximum absolute atomic E-state index is 13.1. The van der Waals surface area contributed by atoms with E-state index in [4.69, 9.17) is 16.0 Å². The van der Waals surface area contributed by atoms with Crippen LogP contribution in [-0.2, 0) is 9.59 Å². The van der Waals surface area contributed by atoms with Gasteiger partial charge in [0.2, 0.25) is 0 Å². The number of barbiturate groups is 1. The number of hydrogen-bond donors (Lipinski definition) is 1. The second-order valence-corrected chi connectivity index (χ2v) is 7.84. The highest BCUT2D eigenvalue weighted by atomic mass is 35.5. The van der Waals surface area contributed by atoms with Crippen molar-refractivity contribution in [2.75, 3.05) is 4.90 Å². The largest absolute Gasteiger partial charge is 0.457 e. The first-order chi connectivity index (χ1) is 15.6. The molecule has 0 saturated carbocycles. The number of hydrogen-bond acceptors (Lipinski definition) is 6. The van der Waals surface area contributed by atoms with Crippen LogP contribution in [0.1, 0.15) is 16.9 Å². The Morgan fingerprint density at radius 2 is 1.73 bits per heavy atom. The highest BCUT2D eigenvalue weighted by molar-refractivity contribution is 6.39. The summed E-state index contributed by atoms with van der Waals surface area (Å²) in [5.74, 6) is -1.23. The van der Waals surface area contributed by atoms with E-state index in [1.165, 1.54) is 30.3 Å². The summed E-state index contributed by atoms with van der Waals surface area (Å²) >= 11 is 5.84. The summed E-state index contributed by atoms with van der Waals surface area (Å²) in [5, 5.41) is 13.3. The standard InChI is InChI=1S/C23H16ClN3O6/c1-12-7-13(2)9-15(8-12)26-22(29)17(21(28)25-23(26)30)11-16-4-6-20(33-16)14-3-5-18(24)19(10-14)27(31)32/h3-11H,1-2H3,(H,25,28,30). The first kappa shape index (κ1) is 22.0. The summed E-state index contributed by atoms with van der Waals surface area (Å²) in [4.78, 5) is 49.2. The topological polar surface area (TPSA) is 123 Å². The van der Waals surface area contributed by atoms with Crippen molar-refractivity contribution in [2.24, 2.45) is 0 Å². The average Bonchev–Trinajstić information content (AvgIpc) is 3.19. The number of rotatable bonds is 4. The van der Waals surface area contributed by atoms with Gasteiger partial charge in [0.05, 0.1) is 10.6 Å². The van der Waals surface area contributed by atoms with E-state index in [0.29, 0.717) is 11.3 Å². The highest BCUT2D eigenvalue weighted by Crippen LogP contribution is 2.32. The molecule has 4 rings (SSSR count). The Morgan fingerprint density at radius 1 is 1.03 bits per heavy atom. The van der Waals surface area contributed by atoms with E-state index in [0.717, 1.165) is 16.0 Å². The van der Waals surface area contributed by atoms with Crippen LogP contribution in [0.4, 0.5) is 16.2 Å². The molecule has 3 aromatic rings. The SMILES string of the molecule is Cc1cc(C)cc(N2C(=O)NC(=O)C(=Cc3ccc(-c4ccc(Cl)c([N+](=O)[O-])c4)o3)C2=O)c1. The van der Waals surface area contributed by atoms with E-state index in [2.05, 4.69) is 5.32 Å². The van der Waals surface area contributed by atoms with Gasteiger partial charge in [0.25, 0.3) is 17.5 Å². The van der Waals surface area contributed by atoms with E-state index in [1.54, 1.807) is 18.2 Å². The minimum atomic E-state index is -0.856. The number of carbonyl (C=O) groups excluding carboxylic acids is 3. The second-order valence-electron chi connectivity index (χ2n) is 7.43. The monoisotopic (exact) mass is 465 g/mol. The maximum Gasteiger partial charge on any atom is 0.335 e. The van der Waals surface area contributed by atoms with Gasteiger partial charge in [-0.3, -0.25) is 25.0 Å². The van der Waals surface area contributed by atoms with E-state index in [-0.39, 0.29) is 27.8 Å². The molecule has 4 amide bonds. The number of nitrogens with one attached hydrogen (secondary N) is 1. The lowest BCUT2D eigenvalue weighted by atomic mass is 10.1. The maximum atomic E-state index is 13.1. The first-order valence-electron chi connectivity index (χ1n) is 9.68. The molecule has 2 heterocycles. The molecular formula is C23H16ClN3O6. The molecule has 33 heavy (non-hydrogen) atoms. The van der Waals surface area contributed by atoms with Crippen LogP contribution in [-0.4, -0.2) is 22.8 Å². The summed E-state index contributed by atoms with van der Waals surface area (Å²) in [6.45, 7) is 3.66. The zero-order valence-electron chi connectivity index (χ0n) is 17.4. The van der Waals surface area contributed by atoms with Crippen LogP contribution in [0, 0.1) is 24.0 Å². The molecule has 166 valence electrons. The van der Waals surface area contributed by atoms with Gasteiger partial charge in [0, 0.05) is 11.6 Å². The van der Waals surface area contributed by atoms with Crippen molar-refractivity contribution in [2.45, 2.75) is 13.8 Å². The molecule has 0 unspecified atom stereocenters. The van der Waals surface area contributed by atoms with Gasteiger partial charge in [0.15, 0.2) is 0 Å². The minimum absolute atomic E-state index is 0.0155. The molecule has 1 saturated heterocycles. The van der Waals surface area contributed by atoms with Crippen molar-refractivity contribution in [3.8, 4) is 11.3 Å². The fourth-order valence-electron chi connectivity index (χ4n) is 3.51. The quantitative estimate of drug-likeness (QED) is 0.256. The third-order valence-corrected chi connectivity index (χ3v) is 5.23. The summed E-state index contributed by atoms with van der Waals surface area (Å²) < 4.78 is 5.67. The summed E-state index contributed by atoms with van der Waals surface area (Å²) in [6, 6.07) is 11.6. The van der Waals surface area contributed by atoms with Gasteiger partial charge in [-0.1, -0.05) is 17.7 Å². The molecule has 0 radical (unpaired) electrons. The van der Waals surface area contributed by atoms with Crippen LogP contribution in [0.2, 0.25) is 5.02 Å². The molecule has 1 N–H and O–H groups in total. The molecule has 0 bridgehead atoms. The average molecular weight is 466 g/mol. The number of nitro groups is 1. The van der Waals surface area contributed by atoms with Crippen molar-refractivity contribution in [1.82, 2.24) is 5.32 Å². The summed E-state index contributed by atoms with van der Waals surface area (Å²) in [5.41, 5.74) is 1.84. The van der Waals surface area contributed by atoms with E-state index >= 15 is 0 Å². The molecule has 2 aromatic carbocycles. The van der Waals surface area contributed by atoms with Crippen LogP contribution >= 0.6 is 11.6 Å². The van der Waals surface area contributed by atoms with Crippen LogP contribution < -0.4 is 10.2 Å². The number of furan rings is 1. The number of benzene rings is 2. The van der Waals surface area contributed by atoms with Crippen molar-refractivity contribution >= 4 is 46.9 Å².